The molecule has 0 saturated carbocycles. The number of rotatable bonds is 11. The van der Waals surface area contributed by atoms with Crippen molar-refractivity contribution in [2.75, 3.05) is 5.32 Å². The molecule has 43 heavy (non-hydrogen) atoms. The van der Waals surface area contributed by atoms with Gasteiger partial charge in [-0.15, -0.1) is 0 Å². The van der Waals surface area contributed by atoms with Crippen molar-refractivity contribution in [3.63, 3.8) is 0 Å². The summed E-state index contributed by atoms with van der Waals surface area (Å²) in [5, 5.41) is 23.4. The summed E-state index contributed by atoms with van der Waals surface area (Å²) in [4.78, 5) is 55.0. The number of hydroxylamine groups is 2. The molecule has 0 saturated heterocycles. The largest absolute Gasteiger partial charge is 0.491 e. The third-order valence-electron chi connectivity index (χ3n) is 5.98. The van der Waals surface area contributed by atoms with Gasteiger partial charge in [-0.05, 0) is 89.4 Å². The molecule has 3 N–H and O–H groups in total. The first kappa shape index (κ1) is 33.1. The van der Waals surface area contributed by atoms with Crippen LogP contribution in [0.15, 0.2) is 52.1 Å². The Morgan fingerprint density at radius 2 is 1.74 bits per heavy atom. The van der Waals surface area contributed by atoms with Crippen molar-refractivity contribution in [1.82, 2.24) is 19.2 Å². The summed E-state index contributed by atoms with van der Waals surface area (Å²) in [5.74, 6) is -0.931. The normalized spacial score (nSPS) is 12.1. The van der Waals surface area contributed by atoms with Crippen molar-refractivity contribution >= 4 is 35.3 Å². The van der Waals surface area contributed by atoms with Crippen LogP contribution in [0.1, 0.15) is 52.2 Å². The van der Waals surface area contributed by atoms with E-state index in [1.807, 2.05) is 20.8 Å². The zero-order valence-corrected chi connectivity index (χ0v) is 25.6. The Morgan fingerprint density at radius 1 is 1.09 bits per heavy atom. The van der Waals surface area contributed by atoms with Crippen molar-refractivity contribution in [3.05, 3.63) is 79.6 Å². The number of hydrogen-bond donors (Lipinski definition) is 3. The van der Waals surface area contributed by atoms with Gasteiger partial charge in [0, 0.05) is 17.3 Å². The molecule has 0 aliphatic heterocycles. The number of carboxylic acids is 1. The van der Waals surface area contributed by atoms with Crippen molar-refractivity contribution in [3.8, 4) is 5.75 Å². The lowest BCUT2D eigenvalue weighted by molar-refractivity contribution is -0.165. The van der Waals surface area contributed by atoms with E-state index in [-0.39, 0.29) is 23.7 Å². The highest BCUT2D eigenvalue weighted by atomic mass is 35.5. The molecule has 3 aromatic rings. The van der Waals surface area contributed by atoms with Crippen LogP contribution in [-0.2, 0) is 22.6 Å². The van der Waals surface area contributed by atoms with E-state index >= 15 is 0 Å². The highest BCUT2D eigenvalue weighted by Crippen LogP contribution is 2.25. The van der Waals surface area contributed by atoms with Gasteiger partial charge in [0.25, 0.3) is 0 Å². The van der Waals surface area contributed by atoms with E-state index in [4.69, 9.17) is 21.1 Å². The summed E-state index contributed by atoms with van der Waals surface area (Å²) in [6, 6.07) is 10.2. The second-order valence-electron chi connectivity index (χ2n) is 11.1. The Labute approximate surface area is 253 Å². The average Bonchev–Trinajstić information content (AvgIpc) is 2.89. The van der Waals surface area contributed by atoms with Crippen molar-refractivity contribution in [2.24, 2.45) is 0 Å². The van der Waals surface area contributed by atoms with Gasteiger partial charge in [0.05, 0.1) is 12.6 Å². The summed E-state index contributed by atoms with van der Waals surface area (Å²) in [7, 11) is 0. The summed E-state index contributed by atoms with van der Waals surface area (Å²) in [6.07, 6.45) is -1.81. The summed E-state index contributed by atoms with van der Waals surface area (Å²) in [5.41, 5.74) is -0.713. The Kier molecular flexibility index (Phi) is 10.6. The fourth-order valence-corrected chi connectivity index (χ4v) is 4.14. The number of anilines is 2. The van der Waals surface area contributed by atoms with Crippen molar-refractivity contribution in [1.29, 1.82) is 0 Å². The van der Waals surface area contributed by atoms with Crippen LogP contribution in [0, 0.1) is 6.92 Å². The van der Waals surface area contributed by atoms with Gasteiger partial charge >= 0.3 is 23.4 Å². The van der Waals surface area contributed by atoms with Gasteiger partial charge in [-0.1, -0.05) is 23.7 Å². The lowest BCUT2D eigenvalue weighted by Crippen LogP contribution is -2.48. The summed E-state index contributed by atoms with van der Waals surface area (Å²) < 4.78 is 12.8. The molecule has 1 heterocycles. The summed E-state index contributed by atoms with van der Waals surface area (Å²) >= 11 is 6.01. The number of aliphatic carboxylic acids is 1. The molecule has 13 nitrogen and oxygen atoms in total. The molecule has 1 aromatic heterocycles. The first-order valence-electron chi connectivity index (χ1n) is 13.5. The maximum atomic E-state index is 13.7. The minimum Gasteiger partial charge on any atom is -0.491 e. The van der Waals surface area contributed by atoms with Crippen LogP contribution in [0.5, 0.6) is 5.75 Å². The Balaban J connectivity index is 1.98. The first-order chi connectivity index (χ1) is 20.1. The fourth-order valence-electron chi connectivity index (χ4n) is 4.01. The number of nitrogens with one attached hydrogen (secondary N) is 1. The van der Waals surface area contributed by atoms with E-state index in [9.17, 15) is 29.5 Å². The molecule has 1 atom stereocenters. The van der Waals surface area contributed by atoms with E-state index in [0.29, 0.717) is 22.0 Å². The molecule has 3 rings (SSSR count). The molecule has 14 heteroatoms. The number of carboxylic acid groups (broad SMARTS) is 1. The van der Waals surface area contributed by atoms with E-state index in [2.05, 4.69) is 10.3 Å². The van der Waals surface area contributed by atoms with Gasteiger partial charge in [-0.3, -0.25) is 9.77 Å². The van der Waals surface area contributed by atoms with E-state index in [0.717, 1.165) is 10.1 Å². The molecular weight excluding hydrogens is 582 g/mol. The zero-order valence-electron chi connectivity index (χ0n) is 24.8. The van der Waals surface area contributed by atoms with Gasteiger partial charge in [0.1, 0.15) is 11.4 Å². The van der Waals surface area contributed by atoms with Crippen LogP contribution < -0.4 is 21.4 Å². The second-order valence-corrected chi connectivity index (χ2v) is 11.5. The van der Waals surface area contributed by atoms with Crippen LogP contribution in [0.3, 0.4) is 0 Å². The number of amides is 1. The zero-order chi connectivity index (χ0) is 32.1. The van der Waals surface area contributed by atoms with E-state index in [1.165, 1.54) is 4.57 Å². The molecule has 2 aromatic carbocycles. The molecule has 0 unspecified atom stereocenters. The van der Waals surface area contributed by atoms with E-state index in [1.54, 1.807) is 63.2 Å². The molecule has 0 radical (unpaired) electrons. The predicted octanol–water partition coefficient (Wildman–Crippen LogP) is 4.42. The molecule has 232 valence electrons. The lowest BCUT2D eigenvalue weighted by atomic mass is 10.2. The quantitative estimate of drug-likeness (QED) is 0.207. The number of aromatic nitrogens is 3. The van der Waals surface area contributed by atoms with Crippen LogP contribution in [0.4, 0.5) is 16.4 Å². The minimum absolute atomic E-state index is 0.00840. The SMILES string of the molecule is Cc1cc(Nc2nc(=O)n(CC[C@@H](C(=O)O)N(O)C(=O)OC(C)(C)C)c(=O)n2Cc2ccc(Cl)cc2)ccc1OC(C)C. The standard InChI is InChI=1S/C29H36ClN5O8/c1-17(2)42-23-12-11-21(15-18(23)3)31-25-32-26(38)33(27(39)34(25)16-19-7-9-20(30)10-8-19)14-13-22(24(36)37)35(41)28(40)43-29(4,5)6/h7-12,15,17,22,41H,13-14,16H2,1-6H3,(H,36,37)(H,31,32,38)/t22-/m0/s1. The van der Waals surface area contributed by atoms with Crippen LogP contribution in [-0.4, -0.2) is 59.3 Å². The average molecular weight is 618 g/mol. The Hall–Kier alpha value is -4.36. The molecule has 1 amide bonds. The molecule has 0 spiro atoms. The Morgan fingerprint density at radius 3 is 2.30 bits per heavy atom. The third kappa shape index (κ3) is 9.06. The van der Waals surface area contributed by atoms with E-state index < -0.39 is 48.1 Å². The van der Waals surface area contributed by atoms with Crippen LogP contribution in [0.2, 0.25) is 5.02 Å². The highest BCUT2D eigenvalue weighted by molar-refractivity contribution is 6.30. The van der Waals surface area contributed by atoms with Crippen molar-refractivity contribution in [2.45, 2.75) is 78.8 Å². The molecule has 0 fully saturated rings. The first-order valence-corrected chi connectivity index (χ1v) is 13.9. The van der Waals surface area contributed by atoms with Gasteiger partial charge in [0.15, 0.2) is 6.04 Å². The van der Waals surface area contributed by atoms with Gasteiger partial charge in [-0.2, -0.15) is 10.0 Å². The number of benzene rings is 2. The maximum absolute atomic E-state index is 13.7. The number of carbonyl (C=O) groups excluding carboxylic acids is 1. The van der Waals surface area contributed by atoms with Crippen LogP contribution in [0.25, 0.3) is 0 Å². The molecular formula is C29H36ClN5O8. The minimum atomic E-state index is -1.81. The molecule has 0 aliphatic carbocycles. The van der Waals surface area contributed by atoms with Gasteiger partial charge < -0.3 is 19.9 Å². The second kappa shape index (κ2) is 13.7. The monoisotopic (exact) mass is 617 g/mol. The molecule has 0 bridgehead atoms. The number of nitrogens with zero attached hydrogens (tertiary/aromatic N) is 4. The predicted molar refractivity (Wildman–Crippen MR) is 159 cm³/mol. The van der Waals surface area contributed by atoms with Crippen LogP contribution >= 0.6 is 11.6 Å². The highest BCUT2D eigenvalue weighted by Gasteiger charge is 2.32. The lowest BCUT2D eigenvalue weighted by Gasteiger charge is -2.26. The topological polar surface area (TPSA) is 165 Å². The number of carbonyl (C=O) groups is 2. The smallest absolute Gasteiger partial charge is 0.435 e. The third-order valence-corrected chi connectivity index (χ3v) is 6.24. The Bertz CT molecular complexity index is 1580. The molecule has 0 aliphatic rings. The van der Waals surface area contributed by atoms with Gasteiger partial charge in [0.2, 0.25) is 5.95 Å². The maximum Gasteiger partial charge on any atom is 0.435 e. The number of hydrogen-bond acceptors (Lipinski definition) is 9. The number of ether oxygens (including phenoxy) is 2. The number of aryl methyl sites for hydroxylation is 1. The number of halogens is 1. The van der Waals surface area contributed by atoms with Crippen molar-refractivity contribution < 1.29 is 29.4 Å². The fraction of sp³-hybridized carbons (Fsp3) is 0.414. The van der Waals surface area contributed by atoms with Gasteiger partial charge in [-0.25, -0.2) is 23.7 Å². The summed E-state index contributed by atoms with van der Waals surface area (Å²) in [6.45, 7) is 9.85.